The molecule has 32 heavy (non-hydrogen) atoms. The summed E-state index contributed by atoms with van der Waals surface area (Å²) in [6.45, 7) is 2.77. The highest BCUT2D eigenvalue weighted by molar-refractivity contribution is 7.99. The first-order chi connectivity index (χ1) is 15.5. The number of carbonyl (C=O) groups is 2. The fourth-order valence-electron chi connectivity index (χ4n) is 3.51. The lowest BCUT2D eigenvalue weighted by Crippen LogP contribution is -2.40. The summed E-state index contributed by atoms with van der Waals surface area (Å²) in [5.41, 5.74) is 1.34. The molecule has 1 atom stereocenters. The van der Waals surface area contributed by atoms with Gasteiger partial charge in [-0.2, -0.15) is 0 Å². The zero-order valence-corrected chi connectivity index (χ0v) is 18.5. The number of hydrogen-bond donors (Lipinski definition) is 0. The van der Waals surface area contributed by atoms with E-state index >= 15 is 0 Å². The van der Waals surface area contributed by atoms with Gasteiger partial charge in [0.05, 0.1) is 6.20 Å². The molecule has 3 aromatic rings. The summed E-state index contributed by atoms with van der Waals surface area (Å²) in [6.07, 6.45) is 0.180. The van der Waals surface area contributed by atoms with Gasteiger partial charge >= 0.3 is 5.97 Å². The SMILES string of the molecule is CC(OC(=O)c1cnc2n(c1=O)CCS2)C(=O)N(Cc1ccccc1)Cc1ccccc1. The van der Waals surface area contributed by atoms with Crippen molar-refractivity contribution in [3.8, 4) is 0 Å². The molecule has 0 spiro atoms. The molecule has 1 aromatic heterocycles. The second-order valence-corrected chi connectivity index (χ2v) is 8.53. The van der Waals surface area contributed by atoms with Crippen LogP contribution in [0.5, 0.6) is 0 Å². The Balaban J connectivity index is 1.51. The van der Waals surface area contributed by atoms with Crippen LogP contribution < -0.4 is 5.56 Å². The lowest BCUT2D eigenvalue weighted by Gasteiger charge is -2.26. The largest absolute Gasteiger partial charge is 0.449 e. The number of rotatable bonds is 7. The molecule has 0 saturated heterocycles. The van der Waals surface area contributed by atoms with Crippen LogP contribution in [0.1, 0.15) is 28.4 Å². The third-order valence-corrected chi connectivity index (χ3v) is 6.12. The van der Waals surface area contributed by atoms with Crippen LogP contribution in [0.4, 0.5) is 0 Å². The van der Waals surface area contributed by atoms with Crippen molar-refractivity contribution in [2.75, 3.05) is 5.75 Å². The average molecular weight is 450 g/mol. The van der Waals surface area contributed by atoms with Gasteiger partial charge in [-0.25, -0.2) is 9.78 Å². The van der Waals surface area contributed by atoms with E-state index in [2.05, 4.69) is 4.98 Å². The zero-order chi connectivity index (χ0) is 22.5. The Morgan fingerprint density at radius 3 is 2.25 bits per heavy atom. The van der Waals surface area contributed by atoms with Gasteiger partial charge in [0.25, 0.3) is 11.5 Å². The van der Waals surface area contributed by atoms with Crippen LogP contribution >= 0.6 is 11.8 Å². The minimum atomic E-state index is -1.05. The molecule has 1 aliphatic heterocycles. The van der Waals surface area contributed by atoms with Crippen molar-refractivity contribution in [2.45, 2.75) is 37.8 Å². The average Bonchev–Trinajstić information content (AvgIpc) is 3.29. The van der Waals surface area contributed by atoms with Gasteiger partial charge in [0.2, 0.25) is 0 Å². The van der Waals surface area contributed by atoms with Crippen molar-refractivity contribution in [1.82, 2.24) is 14.5 Å². The van der Waals surface area contributed by atoms with Crippen molar-refractivity contribution in [3.63, 3.8) is 0 Å². The van der Waals surface area contributed by atoms with Gasteiger partial charge in [-0.15, -0.1) is 0 Å². The molecule has 2 aromatic carbocycles. The minimum Gasteiger partial charge on any atom is -0.449 e. The molecule has 164 valence electrons. The molecule has 8 heteroatoms. The summed E-state index contributed by atoms with van der Waals surface area (Å²) in [4.78, 5) is 44.3. The number of carbonyl (C=O) groups excluding carboxylic acids is 2. The third-order valence-electron chi connectivity index (χ3n) is 5.15. The zero-order valence-electron chi connectivity index (χ0n) is 17.6. The number of esters is 1. The molecule has 0 bridgehead atoms. The molecule has 1 amide bonds. The standard InChI is InChI=1S/C24H23N3O4S/c1-17(31-23(30)20-14-25-24-27(22(20)29)12-13-32-24)21(28)26(15-18-8-4-2-5-9-18)16-19-10-6-3-7-11-19/h2-11,14,17H,12-13,15-16H2,1H3. The van der Waals surface area contributed by atoms with Crippen molar-refractivity contribution in [1.29, 1.82) is 0 Å². The molecule has 0 radical (unpaired) electrons. The van der Waals surface area contributed by atoms with Gasteiger partial charge in [0.15, 0.2) is 11.3 Å². The first-order valence-electron chi connectivity index (χ1n) is 10.3. The van der Waals surface area contributed by atoms with E-state index in [1.165, 1.54) is 29.4 Å². The normalized spacial score (nSPS) is 13.3. The van der Waals surface area contributed by atoms with Gasteiger partial charge in [0.1, 0.15) is 5.56 Å². The van der Waals surface area contributed by atoms with E-state index < -0.39 is 17.6 Å². The topological polar surface area (TPSA) is 81.5 Å². The summed E-state index contributed by atoms with van der Waals surface area (Å²) in [7, 11) is 0. The number of benzene rings is 2. The van der Waals surface area contributed by atoms with E-state index in [1.54, 1.807) is 4.90 Å². The number of nitrogens with zero attached hydrogens (tertiary/aromatic N) is 3. The fourth-order valence-corrected chi connectivity index (χ4v) is 4.42. The Hall–Kier alpha value is -3.39. The van der Waals surface area contributed by atoms with Gasteiger partial charge in [-0.05, 0) is 18.1 Å². The molecule has 0 saturated carbocycles. The van der Waals surface area contributed by atoms with Crippen LogP contribution in [0, 0.1) is 0 Å². The van der Waals surface area contributed by atoms with Crippen LogP contribution in [0.25, 0.3) is 0 Å². The fraction of sp³-hybridized carbons (Fsp3) is 0.250. The molecule has 7 nitrogen and oxygen atoms in total. The number of aromatic nitrogens is 2. The highest BCUT2D eigenvalue weighted by atomic mass is 32.2. The van der Waals surface area contributed by atoms with Crippen LogP contribution in [0.15, 0.2) is 76.8 Å². The molecule has 0 N–H and O–H groups in total. The van der Waals surface area contributed by atoms with E-state index in [9.17, 15) is 14.4 Å². The minimum absolute atomic E-state index is 0.159. The smallest absolute Gasteiger partial charge is 0.346 e. The third kappa shape index (κ3) is 4.91. The molecule has 2 heterocycles. The van der Waals surface area contributed by atoms with Gasteiger partial charge in [-0.3, -0.25) is 14.2 Å². The predicted molar refractivity (Wildman–Crippen MR) is 121 cm³/mol. The summed E-state index contributed by atoms with van der Waals surface area (Å²) in [6, 6.07) is 19.3. The van der Waals surface area contributed by atoms with Crippen LogP contribution in [0.3, 0.4) is 0 Å². The van der Waals surface area contributed by atoms with Gasteiger partial charge < -0.3 is 9.64 Å². The Morgan fingerprint density at radius 2 is 1.66 bits per heavy atom. The van der Waals surface area contributed by atoms with E-state index in [0.29, 0.717) is 24.8 Å². The lowest BCUT2D eigenvalue weighted by molar-refractivity contribution is -0.141. The molecule has 4 rings (SSSR count). The van der Waals surface area contributed by atoms with E-state index in [1.807, 2.05) is 60.7 Å². The van der Waals surface area contributed by atoms with Crippen LogP contribution in [-0.4, -0.2) is 38.2 Å². The Kier molecular flexibility index (Phi) is 6.70. The number of hydrogen-bond acceptors (Lipinski definition) is 6. The van der Waals surface area contributed by atoms with Crippen molar-refractivity contribution < 1.29 is 14.3 Å². The van der Waals surface area contributed by atoms with E-state index in [-0.39, 0.29) is 11.5 Å². The predicted octanol–water partition coefficient (Wildman–Crippen LogP) is 3.12. The summed E-state index contributed by atoms with van der Waals surface area (Å²) in [5, 5.41) is 0.590. The lowest BCUT2D eigenvalue weighted by atomic mass is 10.1. The molecule has 1 unspecified atom stereocenters. The van der Waals surface area contributed by atoms with Crippen molar-refractivity contribution in [3.05, 3.63) is 93.9 Å². The van der Waals surface area contributed by atoms with Crippen LogP contribution in [-0.2, 0) is 29.2 Å². The Bertz CT molecular complexity index is 1120. The van der Waals surface area contributed by atoms with E-state index in [0.717, 1.165) is 16.9 Å². The summed E-state index contributed by atoms with van der Waals surface area (Å²) >= 11 is 1.47. The summed E-state index contributed by atoms with van der Waals surface area (Å²) < 4.78 is 6.87. The first-order valence-corrected chi connectivity index (χ1v) is 11.3. The highest BCUT2D eigenvalue weighted by Gasteiger charge is 2.27. The maximum absolute atomic E-state index is 13.2. The van der Waals surface area contributed by atoms with Crippen LogP contribution in [0.2, 0.25) is 0 Å². The number of fused-ring (bicyclic) bond motifs is 1. The van der Waals surface area contributed by atoms with E-state index in [4.69, 9.17) is 4.74 Å². The van der Waals surface area contributed by atoms with Gasteiger partial charge in [0, 0.05) is 25.4 Å². The van der Waals surface area contributed by atoms with Crippen molar-refractivity contribution >= 4 is 23.6 Å². The highest BCUT2D eigenvalue weighted by Crippen LogP contribution is 2.21. The number of thioether (sulfide) groups is 1. The summed E-state index contributed by atoms with van der Waals surface area (Å²) in [5.74, 6) is -0.436. The Morgan fingerprint density at radius 1 is 1.06 bits per heavy atom. The monoisotopic (exact) mass is 449 g/mol. The maximum Gasteiger partial charge on any atom is 0.346 e. The Labute approximate surface area is 190 Å². The molecular weight excluding hydrogens is 426 g/mol. The number of ether oxygens (including phenoxy) is 1. The molecule has 1 aliphatic rings. The number of amides is 1. The molecule has 0 fully saturated rings. The quantitative estimate of drug-likeness (QED) is 0.407. The maximum atomic E-state index is 13.2. The molecule has 0 aliphatic carbocycles. The van der Waals surface area contributed by atoms with Gasteiger partial charge in [-0.1, -0.05) is 72.4 Å². The molecular formula is C24H23N3O4S. The second-order valence-electron chi connectivity index (χ2n) is 7.47. The first kappa shape index (κ1) is 21.8. The van der Waals surface area contributed by atoms with Crippen molar-refractivity contribution in [2.24, 2.45) is 0 Å². The second kappa shape index (κ2) is 9.82.